The molecule has 0 aromatic heterocycles. The molecule has 4 rings (SSSR count). The van der Waals surface area contributed by atoms with Crippen molar-refractivity contribution in [3.63, 3.8) is 0 Å². The summed E-state index contributed by atoms with van der Waals surface area (Å²) in [6, 6.07) is 14.6. The minimum absolute atomic E-state index is 0.00228. The highest BCUT2D eigenvalue weighted by molar-refractivity contribution is 5.88. The number of carboxylic acid groups (broad SMARTS) is 1. The van der Waals surface area contributed by atoms with Gasteiger partial charge in [-0.15, -0.1) is 0 Å². The molecular formula is C21H23NO3. The summed E-state index contributed by atoms with van der Waals surface area (Å²) < 4.78 is 0. The number of benzene rings is 2. The van der Waals surface area contributed by atoms with Crippen LogP contribution < -0.4 is 0 Å². The van der Waals surface area contributed by atoms with Gasteiger partial charge in [0.05, 0.1) is 11.5 Å². The van der Waals surface area contributed by atoms with Crippen molar-refractivity contribution >= 4 is 22.6 Å². The molecule has 4 nitrogen and oxygen atoms in total. The van der Waals surface area contributed by atoms with Crippen LogP contribution in [0.5, 0.6) is 0 Å². The number of carbonyl (C=O) groups is 2. The smallest absolute Gasteiger partial charge is 0.310 e. The maximum Gasteiger partial charge on any atom is 0.310 e. The van der Waals surface area contributed by atoms with Crippen LogP contribution in [0.25, 0.3) is 10.8 Å². The molecule has 1 amide bonds. The van der Waals surface area contributed by atoms with Crippen LogP contribution in [0, 0.1) is 5.41 Å². The third-order valence-corrected chi connectivity index (χ3v) is 6.01. The number of hydrogen-bond acceptors (Lipinski definition) is 2. The van der Waals surface area contributed by atoms with Gasteiger partial charge in [-0.1, -0.05) is 48.9 Å². The first kappa shape index (κ1) is 16.1. The predicted octanol–water partition coefficient (Wildman–Crippen LogP) is 4.15. The lowest BCUT2D eigenvalue weighted by Crippen LogP contribution is -2.43. The summed E-state index contributed by atoms with van der Waals surface area (Å²) in [5, 5.41) is 11.9. The minimum Gasteiger partial charge on any atom is -0.481 e. The number of fused-ring (bicyclic) bond motifs is 1. The van der Waals surface area contributed by atoms with E-state index in [-0.39, 0.29) is 18.4 Å². The van der Waals surface area contributed by atoms with E-state index in [1.165, 1.54) is 16.3 Å². The van der Waals surface area contributed by atoms with Crippen molar-refractivity contribution in [2.24, 2.45) is 5.41 Å². The van der Waals surface area contributed by atoms with Crippen molar-refractivity contribution < 1.29 is 14.7 Å². The molecule has 1 saturated heterocycles. The molecule has 2 aromatic rings. The van der Waals surface area contributed by atoms with E-state index in [4.69, 9.17) is 0 Å². The zero-order chi connectivity index (χ0) is 17.4. The fourth-order valence-corrected chi connectivity index (χ4v) is 4.39. The molecule has 25 heavy (non-hydrogen) atoms. The first-order valence-electron chi connectivity index (χ1n) is 9.11. The summed E-state index contributed by atoms with van der Waals surface area (Å²) in [7, 11) is 0. The summed E-state index contributed by atoms with van der Waals surface area (Å²) in [4.78, 5) is 26.5. The van der Waals surface area contributed by atoms with Crippen molar-refractivity contribution in [2.75, 3.05) is 6.54 Å². The molecule has 130 valence electrons. The van der Waals surface area contributed by atoms with Crippen LogP contribution >= 0.6 is 0 Å². The molecule has 1 atom stereocenters. The van der Waals surface area contributed by atoms with Gasteiger partial charge in [0.1, 0.15) is 0 Å². The molecule has 1 unspecified atom stereocenters. The van der Waals surface area contributed by atoms with Crippen molar-refractivity contribution in [3.8, 4) is 0 Å². The first-order valence-corrected chi connectivity index (χ1v) is 9.11. The van der Waals surface area contributed by atoms with E-state index in [0.29, 0.717) is 12.8 Å². The summed E-state index contributed by atoms with van der Waals surface area (Å²) in [6.07, 6.45) is 4.22. The minimum atomic E-state index is -0.816. The Morgan fingerprint density at radius 1 is 1.08 bits per heavy atom. The van der Waals surface area contributed by atoms with Crippen molar-refractivity contribution in [1.82, 2.24) is 4.90 Å². The fraction of sp³-hybridized carbons (Fsp3) is 0.429. The Hall–Kier alpha value is -2.36. The Labute approximate surface area is 147 Å². The lowest BCUT2D eigenvalue weighted by Gasteiger charge is -2.39. The quantitative estimate of drug-likeness (QED) is 0.912. The molecule has 1 saturated carbocycles. The van der Waals surface area contributed by atoms with Crippen molar-refractivity contribution in [2.45, 2.75) is 44.6 Å². The summed E-state index contributed by atoms with van der Waals surface area (Å²) in [5.74, 6) is -0.814. The van der Waals surface area contributed by atoms with Crippen LogP contribution in [0.4, 0.5) is 0 Å². The topological polar surface area (TPSA) is 57.6 Å². The number of carboxylic acids is 1. The summed E-state index contributed by atoms with van der Waals surface area (Å²) in [5.41, 5.74) is 0.366. The number of nitrogens with zero attached hydrogens (tertiary/aromatic N) is 1. The average molecular weight is 337 g/mol. The molecule has 1 aliphatic carbocycles. The van der Waals surface area contributed by atoms with Gasteiger partial charge in [0.15, 0.2) is 0 Å². The van der Waals surface area contributed by atoms with E-state index in [9.17, 15) is 14.7 Å². The maximum absolute atomic E-state index is 12.9. The van der Waals surface area contributed by atoms with Crippen LogP contribution in [0.3, 0.4) is 0 Å². The molecular weight excluding hydrogens is 314 g/mol. The second kappa shape index (κ2) is 6.17. The van der Waals surface area contributed by atoms with Gasteiger partial charge in [0.2, 0.25) is 5.91 Å². The molecule has 2 aliphatic rings. The second-order valence-electron chi connectivity index (χ2n) is 7.43. The molecule has 0 spiro atoms. The molecule has 0 radical (unpaired) electrons. The van der Waals surface area contributed by atoms with E-state index in [1.54, 1.807) is 0 Å². The molecule has 0 bridgehead atoms. The maximum atomic E-state index is 12.9. The first-order chi connectivity index (χ1) is 12.1. The number of carbonyl (C=O) groups excluding carboxylic acids is 1. The average Bonchev–Trinajstić information content (AvgIpc) is 3.06. The number of aliphatic carboxylic acids is 1. The lowest BCUT2D eigenvalue weighted by molar-refractivity contribution is -0.159. The molecule has 4 heteroatoms. The standard InChI is InChI=1S/C21H23NO3/c23-19(14-21(20(24)25)11-5-12-21)22-13-4-10-18(22)17-9-3-7-15-6-1-2-8-16(15)17/h1-3,6-9,18H,4-5,10-14H2,(H,24,25). The third-order valence-electron chi connectivity index (χ3n) is 6.01. The van der Waals surface area contributed by atoms with E-state index in [2.05, 4.69) is 24.3 Å². The van der Waals surface area contributed by atoms with Crippen LogP contribution in [-0.4, -0.2) is 28.4 Å². The molecule has 2 aromatic carbocycles. The number of rotatable bonds is 4. The van der Waals surface area contributed by atoms with Crippen LogP contribution in [-0.2, 0) is 9.59 Å². The molecule has 1 aliphatic heterocycles. The lowest BCUT2D eigenvalue weighted by atomic mass is 9.66. The van der Waals surface area contributed by atoms with Crippen molar-refractivity contribution in [1.29, 1.82) is 0 Å². The SMILES string of the molecule is O=C(CC1(C(=O)O)CCC1)N1CCCC1c1cccc2ccccc12. The van der Waals surface area contributed by atoms with Gasteiger partial charge in [-0.3, -0.25) is 9.59 Å². The number of likely N-dealkylation sites (tertiary alicyclic amines) is 1. The normalized spacial score (nSPS) is 21.9. The fourth-order valence-electron chi connectivity index (χ4n) is 4.39. The number of hydrogen-bond donors (Lipinski definition) is 1. The van der Waals surface area contributed by atoms with Gasteiger partial charge in [-0.2, -0.15) is 0 Å². The molecule has 1 heterocycles. The van der Waals surface area contributed by atoms with Crippen LogP contribution in [0.1, 0.15) is 50.1 Å². The third kappa shape index (κ3) is 2.70. The monoisotopic (exact) mass is 337 g/mol. The summed E-state index contributed by atoms with van der Waals surface area (Å²) >= 11 is 0. The highest BCUT2D eigenvalue weighted by Gasteiger charge is 2.47. The van der Waals surface area contributed by atoms with Crippen molar-refractivity contribution in [3.05, 3.63) is 48.0 Å². The van der Waals surface area contributed by atoms with E-state index in [1.807, 2.05) is 23.1 Å². The van der Waals surface area contributed by atoms with Crippen LogP contribution in [0.15, 0.2) is 42.5 Å². The van der Waals surface area contributed by atoms with E-state index >= 15 is 0 Å². The van der Waals surface area contributed by atoms with Gasteiger partial charge < -0.3 is 10.0 Å². The molecule has 2 fully saturated rings. The Morgan fingerprint density at radius 2 is 1.84 bits per heavy atom. The van der Waals surface area contributed by atoms with Gasteiger partial charge in [0.25, 0.3) is 0 Å². The van der Waals surface area contributed by atoms with E-state index < -0.39 is 11.4 Å². The molecule has 1 N–H and O–H groups in total. The largest absolute Gasteiger partial charge is 0.481 e. The van der Waals surface area contributed by atoms with Gasteiger partial charge in [-0.25, -0.2) is 0 Å². The zero-order valence-corrected chi connectivity index (χ0v) is 14.3. The highest BCUT2D eigenvalue weighted by Crippen LogP contribution is 2.46. The van der Waals surface area contributed by atoms with E-state index in [0.717, 1.165) is 25.8 Å². The Morgan fingerprint density at radius 3 is 2.56 bits per heavy atom. The van der Waals surface area contributed by atoms with Gasteiger partial charge in [0, 0.05) is 13.0 Å². The predicted molar refractivity (Wildman–Crippen MR) is 96.2 cm³/mol. The second-order valence-corrected chi connectivity index (χ2v) is 7.43. The Balaban J connectivity index is 1.62. The Bertz CT molecular complexity index is 820. The van der Waals surface area contributed by atoms with Crippen LogP contribution in [0.2, 0.25) is 0 Å². The zero-order valence-electron chi connectivity index (χ0n) is 14.3. The number of amides is 1. The summed E-state index contributed by atoms with van der Waals surface area (Å²) in [6.45, 7) is 0.725. The van der Waals surface area contributed by atoms with Gasteiger partial charge >= 0.3 is 5.97 Å². The Kier molecular flexibility index (Phi) is 3.98. The highest BCUT2D eigenvalue weighted by atomic mass is 16.4. The van der Waals surface area contributed by atoms with Gasteiger partial charge in [-0.05, 0) is 42.0 Å².